The number of rotatable bonds is 7. The Labute approximate surface area is 87.4 Å². The van der Waals surface area contributed by atoms with E-state index in [1.54, 1.807) is 6.92 Å². The summed E-state index contributed by atoms with van der Waals surface area (Å²) in [5.41, 5.74) is 0. The quantitative estimate of drug-likeness (QED) is 0.407. The monoisotopic (exact) mass is 220 g/mol. The largest absolute Gasteiger partial charge is 0.328 e. The Balaban J connectivity index is 0. The lowest BCUT2D eigenvalue weighted by Gasteiger charge is -2.09. The number of hydrogen-bond donors (Lipinski definition) is 1. The molecular formula is C10H21O3P. The zero-order chi connectivity index (χ0) is 11.4. The van der Waals surface area contributed by atoms with Crippen LogP contribution < -0.4 is 0 Å². The molecule has 0 aliphatic carbocycles. The Hall–Kier alpha value is -0.290. The lowest BCUT2D eigenvalue weighted by Crippen LogP contribution is -1.94. The summed E-state index contributed by atoms with van der Waals surface area (Å²) in [5, 5.41) is 0. The Morgan fingerprint density at radius 1 is 1.21 bits per heavy atom. The van der Waals surface area contributed by atoms with Crippen LogP contribution in [0.1, 0.15) is 39.5 Å². The van der Waals surface area contributed by atoms with Crippen molar-refractivity contribution in [2.24, 2.45) is 0 Å². The average Bonchev–Trinajstić information content (AvgIpc) is 2.16. The van der Waals surface area contributed by atoms with Gasteiger partial charge in [0.25, 0.3) is 0 Å². The van der Waals surface area contributed by atoms with E-state index in [9.17, 15) is 4.57 Å². The molecule has 3 nitrogen and oxygen atoms in total. The summed E-state index contributed by atoms with van der Waals surface area (Å²) >= 11 is 0. The molecular weight excluding hydrogens is 199 g/mol. The van der Waals surface area contributed by atoms with Gasteiger partial charge in [0.2, 0.25) is 0 Å². The molecule has 14 heavy (non-hydrogen) atoms. The fraction of sp³-hybridized carbons (Fsp3) is 0.800. The van der Waals surface area contributed by atoms with Crippen molar-refractivity contribution in [1.29, 1.82) is 0 Å². The van der Waals surface area contributed by atoms with Crippen LogP contribution in [0.3, 0.4) is 0 Å². The molecule has 0 saturated heterocycles. The van der Waals surface area contributed by atoms with E-state index >= 15 is 0 Å². The minimum atomic E-state index is -3.23. The predicted octanol–water partition coefficient (Wildman–Crippen LogP) is 3.04. The van der Waals surface area contributed by atoms with Gasteiger partial charge in [-0.25, -0.2) is 0 Å². The molecule has 0 aromatic carbocycles. The highest BCUT2D eigenvalue weighted by molar-refractivity contribution is 7.52. The van der Waals surface area contributed by atoms with Crippen LogP contribution in [0.15, 0.2) is 0 Å². The van der Waals surface area contributed by atoms with E-state index < -0.39 is 7.60 Å². The third kappa shape index (κ3) is 11.7. The van der Waals surface area contributed by atoms with Gasteiger partial charge >= 0.3 is 7.60 Å². The van der Waals surface area contributed by atoms with Gasteiger partial charge < -0.3 is 9.42 Å². The summed E-state index contributed by atoms with van der Waals surface area (Å²) in [6.07, 6.45) is 12.4. The molecule has 84 valence electrons. The molecule has 0 saturated carbocycles. The zero-order valence-corrected chi connectivity index (χ0v) is 10.0. The van der Waals surface area contributed by atoms with E-state index in [4.69, 9.17) is 9.42 Å². The average molecular weight is 220 g/mol. The maximum Gasteiger partial charge on any atom is 0.328 e. The van der Waals surface area contributed by atoms with E-state index in [2.05, 4.69) is 19.8 Å². The van der Waals surface area contributed by atoms with Crippen LogP contribution in [0.5, 0.6) is 0 Å². The molecule has 1 N–H and O–H groups in total. The molecule has 0 aromatic heterocycles. The molecule has 0 aliphatic heterocycles. The van der Waals surface area contributed by atoms with Crippen molar-refractivity contribution in [1.82, 2.24) is 0 Å². The van der Waals surface area contributed by atoms with Crippen molar-refractivity contribution in [3.8, 4) is 12.8 Å². The van der Waals surface area contributed by atoms with Crippen LogP contribution in [0.25, 0.3) is 0 Å². The summed E-state index contributed by atoms with van der Waals surface area (Å²) < 4.78 is 15.8. The van der Waals surface area contributed by atoms with Gasteiger partial charge in [-0.2, -0.15) is 0 Å². The highest BCUT2D eigenvalue weighted by atomic mass is 31.2. The van der Waals surface area contributed by atoms with Crippen LogP contribution in [0.2, 0.25) is 0 Å². The highest BCUT2D eigenvalue weighted by Crippen LogP contribution is 2.42. The number of terminal acetylenes is 1. The Morgan fingerprint density at radius 2 is 1.79 bits per heavy atom. The van der Waals surface area contributed by atoms with Gasteiger partial charge in [-0.3, -0.25) is 4.57 Å². The van der Waals surface area contributed by atoms with Crippen molar-refractivity contribution in [2.45, 2.75) is 39.5 Å². The third-order valence-electron chi connectivity index (χ3n) is 1.63. The second kappa shape index (κ2) is 10.8. The first-order valence-electron chi connectivity index (χ1n) is 4.92. The van der Waals surface area contributed by atoms with E-state index in [1.807, 2.05) is 0 Å². The van der Waals surface area contributed by atoms with E-state index in [-0.39, 0.29) is 0 Å². The van der Waals surface area contributed by atoms with Gasteiger partial charge in [0.1, 0.15) is 0 Å². The van der Waals surface area contributed by atoms with Crippen LogP contribution in [0.4, 0.5) is 0 Å². The maximum absolute atomic E-state index is 11.1. The Kier molecular flexibility index (Phi) is 12.4. The van der Waals surface area contributed by atoms with Crippen LogP contribution in [-0.2, 0) is 9.09 Å². The molecule has 4 heteroatoms. The second-order valence-electron chi connectivity index (χ2n) is 2.84. The molecule has 0 aromatic rings. The maximum atomic E-state index is 11.1. The first-order valence-corrected chi connectivity index (χ1v) is 6.68. The lowest BCUT2D eigenvalue weighted by molar-refractivity contribution is 0.273. The Bertz CT molecular complexity index is 177. The van der Waals surface area contributed by atoms with Crippen molar-refractivity contribution in [2.75, 3.05) is 12.8 Å². The predicted molar refractivity (Wildman–Crippen MR) is 60.4 cm³/mol. The van der Waals surface area contributed by atoms with Gasteiger partial charge in [-0.05, 0) is 13.3 Å². The number of unbranched alkanes of at least 4 members (excludes halogenated alkanes) is 3. The van der Waals surface area contributed by atoms with E-state index in [0.29, 0.717) is 12.8 Å². The van der Waals surface area contributed by atoms with Gasteiger partial charge in [0.05, 0.1) is 6.61 Å². The molecule has 0 amide bonds. The molecule has 1 unspecified atom stereocenters. The topological polar surface area (TPSA) is 46.5 Å². The van der Waals surface area contributed by atoms with E-state index in [0.717, 1.165) is 25.7 Å². The summed E-state index contributed by atoms with van der Waals surface area (Å²) in [5.74, 6) is 0. The van der Waals surface area contributed by atoms with Gasteiger partial charge in [0, 0.05) is 6.16 Å². The summed E-state index contributed by atoms with van der Waals surface area (Å²) in [4.78, 5) is 9.15. The second-order valence-corrected chi connectivity index (χ2v) is 4.82. The lowest BCUT2D eigenvalue weighted by atomic mass is 10.2. The molecule has 0 bridgehead atoms. The minimum Gasteiger partial charge on any atom is -0.324 e. The van der Waals surface area contributed by atoms with Crippen molar-refractivity contribution in [3.05, 3.63) is 0 Å². The SMILES string of the molecule is C#C.CCCCCCP(=O)(O)OCC. The first-order chi connectivity index (χ1) is 6.62. The molecule has 0 rings (SSSR count). The normalized spacial score (nSPS) is 13.8. The summed E-state index contributed by atoms with van der Waals surface area (Å²) in [6, 6.07) is 0. The molecule has 0 radical (unpaired) electrons. The fourth-order valence-electron chi connectivity index (χ4n) is 1.00. The smallest absolute Gasteiger partial charge is 0.324 e. The Morgan fingerprint density at radius 3 is 2.21 bits per heavy atom. The molecule has 0 fully saturated rings. The minimum absolute atomic E-state index is 0.306. The van der Waals surface area contributed by atoms with Crippen LogP contribution in [-0.4, -0.2) is 17.7 Å². The fourth-order valence-corrected chi connectivity index (χ4v) is 2.16. The highest BCUT2D eigenvalue weighted by Gasteiger charge is 2.16. The van der Waals surface area contributed by atoms with Crippen molar-refractivity contribution >= 4 is 7.60 Å². The summed E-state index contributed by atoms with van der Waals surface area (Å²) in [7, 11) is -3.23. The van der Waals surface area contributed by atoms with Crippen molar-refractivity contribution < 1.29 is 14.0 Å². The number of hydrogen-bond acceptors (Lipinski definition) is 2. The molecule has 0 heterocycles. The summed E-state index contributed by atoms with van der Waals surface area (Å²) in [6.45, 7) is 4.16. The van der Waals surface area contributed by atoms with Gasteiger partial charge in [0.15, 0.2) is 0 Å². The van der Waals surface area contributed by atoms with Gasteiger partial charge in [-0.1, -0.05) is 26.2 Å². The standard InChI is InChI=1S/C8H19O3P.C2H2/c1-3-5-6-7-8-12(9,10)11-4-2;1-2/h3-8H2,1-2H3,(H,9,10);1-2H. The first kappa shape index (κ1) is 16.2. The molecule has 0 spiro atoms. The van der Waals surface area contributed by atoms with Crippen LogP contribution >= 0.6 is 7.60 Å². The van der Waals surface area contributed by atoms with Gasteiger partial charge in [-0.15, -0.1) is 12.8 Å². The third-order valence-corrected chi connectivity index (χ3v) is 3.17. The zero-order valence-electron chi connectivity index (χ0n) is 9.11. The van der Waals surface area contributed by atoms with Crippen molar-refractivity contribution in [3.63, 3.8) is 0 Å². The molecule has 1 atom stereocenters. The van der Waals surface area contributed by atoms with E-state index in [1.165, 1.54) is 0 Å². The van der Waals surface area contributed by atoms with Crippen LogP contribution in [0, 0.1) is 12.8 Å². The molecule has 0 aliphatic rings.